The summed E-state index contributed by atoms with van der Waals surface area (Å²) in [5, 5.41) is 1.80. The molecule has 4 rings (SSSR count). The minimum Gasteiger partial charge on any atom is -0.358 e. The van der Waals surface area contributed by atoms with Gasteiger partial charge in [0.1, 0.15) is 0 Å². The lowest BCUT2D eigenvalue weighted by molar-refractivity contribution is 0.0735. The number of nitrogens with zero attached hydrogens (tertiary/aromatic N) is 1. The average Bonchev–Trinajstić information content (AvgIpc) is 2.92. The summed E-state index contributed by atoms with van der Waals surface area (Å²) in [4.78, 5) is 18.0. The van der Waals surface area contributed by atoms with Crippen molar-refractivity contribution in [3.8, 4) is 0 Å². The first-order chi connectivity index (χ1) is 10.7. The second-order valence-corrected chi connectivity index (χ2v) is 6.05. The number of carbonyl (C=O) groups excluding carboxylic acids is 1. The summed E-state index contributed by atoms with van der Waals surface area (Å²) < 4.78 is 0. The van der Waals surface area contributed by atoms with Gasteiger partial charge in [-0.3, -0.25) is 4.79 Å². The number of H-pyrrole nitrogens is 1. The van der Waals surface area contributed by atoms with E-state index in [-0.39, 0.29) is 5.91 Å². The van der Waals surface area contributed by atoms with Crippen molar-refractivity contribution in [2.45, 2.75) is 13.0 Å². The van der Waals surface area contributed by atoms with Gasteiger partial charge in [-0.2, -0.15) is 0 Å². The van der Waals surface area contributed by atoms with Crippen molar-refractivity contribution in [2.24, 2.45) is 0 Å². The van der Waals surface area contributed by atoms with Gasteiger partial charge in [-0.1, -0.05) is 35.9 Å². The molecule has 22 heavy (non-hydrogen) atoms. The van der Waals surface area contributed by atoms with Crippen molar-refractivity contribution in [3.05, 3.63) is 70.4 Å². The zero-order chi connectivity index (χ0) is 15.1. The number of fused-ring (bicyclic) bond motifs is 3. The van der Waals surface area contributed by atoms with E-state index in [9.17, 15) is 4.79 Å². The van der Waals surface area contributed by atoms with Gasteiger partial charge in [0, 0.05) is 52.3 Å². The highest BCUT2D eigenvalue weighted by Crippen LogP contribution is 2.28. The Bertz CT molecular complexity index is 868. The predicted octanol–water partition coefficient (Wildman–Crippen LogP) is 4.02. The number of hydrogen-bond donors (Lipinski definition) is 1. The molecular formula is C18H15ClN2O. The van der Waals surface area contributed by atoms with E-state index in [0.29, 0.717) is 17.1 Å². The van der Waals surface area contributed by atoms with Gasteiger partial charge >= 0.3 is 0 Å². The Balaban J connectivity index is 1.68. The molecule has 0 spiro atoms. The maximum absolute atomic E-state index is 12.7. The molecule has 1 N–H and O–H groups in total. The number of rotatable bonds is 1. The van der Waals surface area contributed by atoms with E-state index in [1.165, 1.54) is 16.6 Å². The molecule has 1 amide bonds. The highest BCUT2D eigenvalue weighted by molar-refractivity contribution is 6.30. The lowest BCUT2D eigenvalue weighted by Crippen LogP contribution is -2.35. The predicted molar refractivity (Wildman–Crippen MR) is 88.2 cm³/mol. The fourth-order valence-electron chi connectivity index (χ4n) is 3.14. The lowest BCUT2D eigenvalue weighted by atomic mass is 10.0. The molecule has 4 heteroatoms. The van der Waals surface area contributed by atoms with E-state index in [4.69, 9.17) is 11.6 Å². The fraction of sp³-hybridized carbons (Fsp3) is 0.167. The highest BCUT2D eigenvalue weighted by atomic mass is 35.5. The Morgan fingerprint density at radius 1 is 1.14 bits per heavy atom. The smallest absolute Gasteiger partial charge is 0.254 e. The van der Waals surface area contributed by atoms with Gasteiger partial charge in [-0.05, 0) is 24.3 Å². The molecule has 0 radical (unpaired) electrons. The summed E-state index contributed by atoms with van der Waals surface area (Å²) in [6.45, 7) is 1.37. The molecule has 0 unspecified atom stereocenters. The van der Waals surface area contributed by atoms with Gasteiger partial charge in [0.25, 0.3) is 5.91 Å². The van der Waals surface area contributed by atoms with Crippen LogP contribution in [0.15, 0.2) is 48.5 Å². The molecule has 0 saturated heterocycles. The molecule has 0 saturated carbocycles. The summed E-state index contributed by atoms with van der Waals surface area (Å²) in [6, 6.07) is 15.4. The molecule has 2 aromatic carbocycles. The first-order valence-electron chi connectivity index (χ1n) is 7.35. The first-order valence-corrected chi connectivity index (χ1v) is 7.73. The molecule has 110 valence electrons. The van der Waals surface area contributed by atoms with Crippen LogP contribution < -0.4 is 0 Å². The zero-order valence-corrected chi connectivity index (χ0v) is 12.7. The van der Waals surface area contributed by atoms with E-state index in [1.807, 2.05) is 29.2 Å². The maximum Gasteiger partial charge on any atom is 0.254 e. The Morgan fingerprint density at radius 3 is 2.86 bits per heavy atom. The highest BCUT2D eigenvalue weighted by Gasteiger charge is 2.24. The summed E-state index contributed by atoms with van der Waals surface area (Å²) in [5.74, 6) is 0.0402. The van der Waals surface area contributed by atoms with Gasteiger partial charge in [-0.25, -0.2) is 0 Å². The van der Waals surface area contributed by atoms with Gasteiger partial charge in [0.05, 0.1) is 0 Å². The van der Waals surface area contributed by atoms with Crippen molar-refractivity contribution in [1.29, 1.82) is 0 Å². The molecule has 0 aliphatic carbocycles. The number of aromatic amines is 1. The summed E-state index contributed by atoms with van der Waals surface area (Å²) in [5.41, 5.74) is 4.27. The lowest BCUT2D eigenvalue weighted by Gasteiger charge is -2.27. The summed E-state index contributed by atoms with van der Waals surface area (Å²) >= 11 is 5.99. The Hall–Kier alpha value is -2.26. The van der Waals surface area contributed by atoms with Crippen LogP contribution in [0.3, 0.4) is 0 Å². The Labute approximate surface area is 133 Å². The minimum atomic E-state index is 0.0402. The van der Waals surface area contributed by atoms with Gasteiger partial charge in [0.2, 0.25) is 0 Å². The van der Waals surface area contributed by atoms with Crippen LogP contribution in [0.5, 0.6) is 0 Å². The molecule has 0 bridgehead atoms. The molecule has 1 aromatic heterocycles. The number of aromatic nitrogens is 1. The normalized spacial score (nSPS) is 14.1. The molecule has 1 aliphatic heterocycles. The molecule has 3 aromatic rings. The van der Waals surface area contributed by atoms with E-state index < -0.39 is 0 Å². The second kappa shape index (κ2) is 5.18. The third kappa shape index (κ3) is 2.18. The van der Waals surface area contributed by atoms with E-state index >= 15 is 0 Å². The number of nitrogens with one attached hydrogen (secondary N) is 1. The molecule has 3 nitrogen and oxygen atoms in total. The van der Waals surface area contributed by atoms with Crippen LogP contribution in [0.25, 0.3) is 10.9 Å². The standard InChI is InChI=1S/C18H15ClN2O/c19-13-5-3-4-12(10-13)18(22)21-9-8-17-15(11-21)14-6-1-2-7-16(14)20-17/h1-7,10,20H,8-9,11H2. The van der Waals surface area contributed by atoms with Crippen molar-refractivity contribution in [3.63, 3.8) is 0 Å². The van der Waals surface area contributed by atoms with E-state index in [2.05, 4.69) is 17.1 Å². The van der Waals surface area contributed by atoms with E-state index in [1.54, 1.807) is 12.1 Å². The monoisotopic (exact) mass is 310 g/mol. The Kier molecular flexibility index (Phi) is 3.16. The van der Waals surface area contributed by atoms with Gasteiger partial charge in [0.15, 0.2) is 0 Å². The number of benzene rings is 2. The van der Waals surface area contributed by atoms with Crippen LogP contribution >= 0.6 is 11.6 Å². The summed E-state index contributed by atoms with van der Waals surface area (Å²) in [6.07, 6.45) is 0.857. The molecular weight excluding hydrogens is 296 g/mol. The number of amides is 1. The number of halogens is 1. The molecule has 2 heterocycles. The maximum atomic E-state index is 12.7. The van der Waals surface area contributed by atoms with E-state index in [0.717, 1.165) is 18.5 Å². The quantitative estimate of drug-likeness (QED) is 0.724. The first kappa shape index (κ1) is 13.4. The van der Waals surface area contributed by atoms with Gasteiger partial charge < -0.3 is 9.88 Å². The van der Waals surface area contributed by atoms with Crippen LogP contribution in [-0.4, -0.2) is 22.3 Å². The van der Waals surface area contributed by atoms with Crippen molar-refractivity contribution in [1.82, 2.24) is 9.88 Å². The van der Waals surface area contributed by atoms with Crippen molar-refractivity contribution < 1.29 is 4.79 Å². The van der Waals surface area contributed by atoms with Gasteiger partial charge in [-0.15, -0.1) is 0 Å². The van der Waals surface area contributed by atoms with Crippen LogP contribution in [0.4, 0.5) is 0 Å². The van der Waals surface area contributed by atoms with Crippen molar-refractivity contribution >= 4 is 28.4 Å². The third-order valence-corrected chi connectivity index (χ3v) is 4.48. The summed E-state index contributed by atoms with van der Waals surface area (Å²) in [7, 11) is 0. The number of hydrogen-bond acceptors (Lipinski definition) is 1. The van der Waals surface area contributed by atoms with Crippen LogP contribution in [-0.2, 0) is 13.0 Å². The van der Waals surface area contributed by atoms with Crippen LogP contribution in [0, 0.1) is 0 Å². The van der Waals surface area contributed by atoms with Crippen LogP contribution in [0.2, 0.25) is 5.02 Å². The zero-order valence-electron chi connectivity index (χ0n) is 12.0. The fourth-order valence-corrected chi connectivity index (χ4v) is 3.33. The largest absolute Gasteiger partial charge is 0.358 e. The molecule has 0 fully saturated rings. The molecule has 0 atom stereocenters. The minimum absolute atomic E-state index is 0.0402. The average molecular weight is 311 g/mol. The van der Waals surface area contributed by atoms with Crippen molar-refractivity contribution in [2.75, 3.05) is 6.54 Å². The SMILES string of the molecule is O=C(c1cccc(Cl)c1)N1CCc2[nH]c3ccccc3c2C1. The number of carbonyl (C=O) groups is 1. The third-order valence-electron chi connectivity index (χ3n) is 4.24. The number of para-hydroxylation sites is 1. The second-order valence-electron chi connectivity index (χ2n) is 5.61. The Morgan fingerprint density at radius 2 is 2.00 bits per heavy atom. The van der Waals surface area contributed by atoms with Crippen LogP contribution in [0.1, 0.15) is 21.6 Å². The molecule has 1 aliphatic rings. The topological polar surface area (TPSA) is 36.1 Å².